The van der Waals surface area contributed by atoms with E-state index < -0.39 is 0 Å². The van der Waals surface area contributed by atoms with E-state index in [1.54, 1.807) is 12.4 Å². The normalized spacial score (nSPS) is 10.2. The van der Waals surface area contributed by atoms with Gasteiger partial charge in [-0.3, -0.25) is 4.98 Å². The van der Waals surface area contributed by atoms with E-state index in [-0.39, 0.29) is 0 Å². The number of nitrogens with one attached hydrogen (secondary N) is 1. The molecule has 0 aliphatic carbocycles. The van der Waals surface area contributed by atoms with Gasteiger partial charge >= 0.3 is 0 Å². The highest BCUT2D eigenvalue weighted by atomic mass is 79.9. The van der Waals surface area contributed by atoms with Crippen molar-refractivity contribution >= 4 is 21.7 Å². The minimum Gasteiger partial charge on any atom is -0.368 e. The summed E-state index contributed by atoms with van der Waals surface area (Å²) in [7, 11) is 0. The summed E-state index contributed by atoms with van der Waals surface area (Å²) in [5.74, 6) is 0.840. The molecule has 1 aromatic heterocycles. The number of hydrogen-bond donors (Lipinski definition) is 1. The van der Waals surface area contributed by atoms with Crippen LogP contribution in [0, 0.1) is 0 Å². The van der Waals surface area contributed by atoms with Gasteiger partial charge in [-0.15, -0.1) is 0 Å². The summed E-state index contributed by atoms with van der Waals surface area (Å²) in [4.78, 5) is 8.73. The van der Waals surface area contributed by atoms with Crippen LogP contribution in [0.4, 0.5) is 5.82 Å². The number of nitrogens with zero attached hydrogens (tertiary/aromatic N) is 2. The van der Waals surface area contributed by atoms with Gasteiger partial charge in [-0.05, 0) is 18.6 Å². The van der Waals surface area contributed by atoms with Crippen molar-refractivity contribution in [3.8, 4) is 11.3 Å². The molecule has 0 atom stereocenters. The second-order valence-electron chi connectivity index (χ2n) is 3.69. The monoisotopic (exact) mass is 291 g/mol. The highest BCUT2D eigenvalue weighted by molar-refractivity contribution is 9.10. The lowest BCUT2D eigenvalue weighted by Gasteiger charge is -2.09. The summed E-state index contributed by atoms with van der Waals surface area (Å²) < 4.78 is 1.04. The zero-order valence-electron chi connectivity index (χ0n) is 9.65. The molecular weight excluding hydrogens is 278 g/mol. The lowest BCUT2D eigenvalue weighted by Crippen LogP contribution is -2.04. The molecule has 0 bridgehead atoms. The SMILES string of the molecule is CCCNc1nccnc1-c1cccc(Br)c1. The molecule has 4 heteroatoms. The van der Waals surface area contributed by atoms with Gasteiger partial charge in [-0.1, -0.05) is 35.0 Å². The molecule has 88 valence electrons. The lowest BCUT2D eigenvalue weighted by molar-refractivity contribution is 0.966. The Labute approximate surface area is 109 Å². The zero-order valence-corrected chi connectivity index (χ0v) is 11.2. The Balaban J connectivity index is 2.37. The zero-order chi connectivity index (χ0) is 12.1. The van der Waals surface area contributed by atoms with Gasteiger partial charge in [0.05, 0.1) is 0 Å². The van der Waals surface area contributed by atoms with E-state index in [2.05, 4.69) is 38.1 Å². The van der Waals surface area contributed by atoms with Crippen LogP contribution in [0.3, 0.4) is 0 Å². The molecular formula is C13H14BrN3. The Hall–Kier alpha value is -1.42. The van der Waals surface area contributed by atoms with Crippen LogP contribution in [0.1, 0.15) is 13.3 Å². The van der Waals surface area contributed by atoms with Crippen LogP contribution in [0.15, 0.2) is 41.1 Å². The predicted octanol–water partition coefficient (Wildman–Crippen LogP) is 3.73. The van der Waals surface area contributed by atoms with Crippen LogP contribution >= 0.6 is 15.9 Å². The summed E-state index contributed by atoms with van der Waals surface area (Å²) >= 11 is 3.47. The minimum atomic E-state index is 0.840. The molecule has 0 radical (unpaired) electrons. The first-order valence-electron chi connectivity index (χ1n) is 5.62. The van der Waals surface area contributed by atoms with Gasteiger partial charge in [0.25, 0.3) is 0 Å². The maximum Gasteiger partial charge on any atom is 0.152 e. The first-order chi connectivity index (χ1) is 8.31. The largest absolute Gasteiger partial charge is 0.368 e. The van der Waals surface area contributed by atoms with Gasteiger partial charge in [0.15, 0.2) is 5.82 Å². The third-order valence-corrected chi connectivity index (χ3v) is 2.83. The molecule has 1 aromatic carbocycles. The van der Waals surface area contributed by atoms with E-state index in [1.165, 1.54) is 0 Å². The van der Waals surface area contributed by atoms with Crippen molar-refractivity contribution in [3.05, 3.63) is 41.1 Å². The summed E-state index contributed by atoms with van der Waals surface area (Å²) in [6.45, 7) is 3.03. The maximum absolute atomic E-state index is 4.40. The smallest absolute Gasteiger partial charge is 0.152 e. The van der Waals surface area contributed by atoms with Gasteiger partial charge in [0, 0.05) is 29.0 Å². The quantitative estimate of drug-likeness (QED) is 0.933. The second kappa shape index (κ2) is 5.77. The topological polar surface area (TPSA) is 37.8 Å². The molecule has 0 amide bonds. The van der Waals surface area contributed by atoms with Crippen molar-refractivity contribution < 1.29 is 0 Å². The van der Waals surface area contributed by atoms with E-state index >= 15 is 0 Å². The molecule has 0 fully saturated rings. The van der Waals surface area contributed by atoms with Crippen LogP contribution in [0.5, 0.6) is 0 Å². The van der Waals surface area contributed by atoms with E-state index in [1.807, 2.05) is 24.3 Å². The number of hydrogen-bond acceptors (Lipinski definition) is 3. The van der Waals surface area contributed by atoms with Crippen LogP contribution < -0.4 is 5.32 Å². The second-order valence-corrected chi connectivity index (χ2v) is 4.61. The Kier molecular flexibility index (Phi) is 4.09. The fraction of sp³-hybridized carbons (Fsp3) is 0.231. The number of anilines is 1. The molecule has 2 rings (SSSR count). The van der Waals surface area contributed by atoms with Crippen molar-refractivity contribution in [2.45, 2.75) is 13.3 Å². The van der Waals surface area contributed by atoms with E-state index in [9.17, 15) is 0 Å². The Morgan fingerprint density at radius 3 is 2.82 bits per heavy atom. The van der Waals surface area contributed by atoms with Gasteiger partial charge < -0.3 is 5.32 Å². The molecule has 3 nitrogen and oxygen atoms in total. The molecule has 1 N–H and O–H groups in total. The third kappa shape index (κ3) is 3.03. The number of rotatable bonds is 4. The Bertz CT molecular complexity index is 500. The average molecular weight is 292 g/mol. The summed E-state index contributed by atoms with van der Waals surface area (Å²) in [6, 6.07) is 8.07. The molecule has 17 heavy (non-hydrogen) atoms. The molecule has 0 aliphatic rings. The Morgan fingerprint density at radius 1 is 1.24 bits per heavy atom. The molecule has 0 unspecified atom stereocenters. The van der Waals surface area contributed by atoms with Gasteiger partial charge in [0.2, 0.25) is 0 Å². The molecule has 0 spiro atoms. The van der Waals surface area contributed by atoms with Crippen molar-refractivity contribution in [2.75, 3.05) is 11.9 Å². The van der Waals surface area contributed by atoms with E-state index in [0.717, 1.165) is 34.5 Å². The first-order valence-corrected chi connectivity index (χ1v) is 6.41. The number of halogens is 1. The van der Waals surface area contributed by atoms with Crippen LogP contribution in [0.25, 0.3) is 11.3 Å². The summed E-state index contributed by atoms with van der Waals surface area (Å²) in [5, 5.41) is 3.29. The van der Waals surface area contributed by atoms with Crippen LogP contribution in [0.2, 0.25) is 0 Å². The standard InChI is InChI=1S/C13H14BrN3/c1-2-6-16-13-12(15-7-8-17-13)10-4-3-5-11(14)9-10/h3-5,7-9H,2,6H2,1H3,(H,16,17). The maximum atomic E-state index is 4.40. The minimum absolute atomic E-state index is 0.840. The summed E-state index contributed by atoms with van der Waals surface area (Å²) in [6.07, 6.45) is 4.49. The lowest BCUT2D eigenvalue weighted by atomic mass is 10.1. The Morgan fingerprint density at radius 2 is 2.06 bits per heavy atom. The number of benzene rings is 1. The first kappa shape index (κ1) is 12.0. The van der Waals surface area contributed by atoms with Gasteiger partial charge in [-0.2, -0.15) is 0 Å². The van der Waals surface area contributed by atoms with E-state index in [4.69, 9.17) is 0 Å². The average Bonchev–Trinajstić information content (AvgIpc) is 2.37. The highest BCUT2D eigenvalue weighted by Crippen LogP contribution is 2.25. The third-order valence-electron chi connectivity index (χ3n) is 2.34. The van der Waals surface area contributed by atoms with Crippen LogP contribution in [-0.2, 0) is 0 Å². The van der Waals surface area contributed by atoms with Crippen molar-refractivity contribution in [3.63, 3.8) is 0 Å². The summed E-state index contributed by atoms with van der Waals surface area (Å²) in [5.41, 5.74) is 1.95. The fourth-order valence-corrected chi connectivity index (χ4v) is 1.96. The molecule has 0 saturated heterocycles. The van der Waals surface area contributed by atoms with Crippen molar-refractivity contribution in [2.24, 2.45) is 0 Å². The fourth-order valence-electron chi connectivity index (χ4n) is 1.56. The molecule has 0 aliphatic heterocycles. The van der Waals surface area contributed by atoms with Crippen molar-refractivity contribution in [1.29, 1.82) is 0 Å². The van der Waals surface area contributed by atoms with Gasteiger partial charge in [0.1, 0.15) is 5.69 Å². The predicted molar refractivity (Wildman–Crippen MR) is 73.9 cm³/mol. The molecule has 1 heterocycles. The highest BCUT2D eigenvalue weighted by Gasteiger charge is 2.07. The van der Waals surface area contributed by atoms with Gasteiger partial charge in [-0.25, -0.2) is 4.98 Å². The molecule has 2 aromatic rings. The molecule has 0 saturated carbocycles. The number of aromatic nitrogens is 2. The van der Waals surface area contributed by atoms with E-state index in [0.29, 0.717) is 0 Å². The van der Waals surface area contributed by atoms with Crippen molar-refractivity contribution in [1.82, 2.24) is 9.97 Å². The van der Waals surface area contributed by atoms with Crippen LogP contribution in [-0.4, -0.2) is 16.5 Å².